The van der Waals surface area contributed by atoms with Gasteiger partial charge in [0.1, 0.15) is 16.6 Å². The highest BCUT2D eigenvalue weighted by molar-refractivity contribution is 9.10. The summed E-state index contributed by atoms with van der Waals surface area (Å²) in [6, 6.07) is 5.96. The zero-order valence-electron chi connectivity index (χ0n) is 10.3. The van der Waals surface area contributed by atoms with Crippen LogP contribution in [0.25, 0.3) is 0 Å². The molecular formula is C13H15BrO3S. The van der Waals surface area contributed by atoms with Gasteiger partial charge in [0.15, 0.2) is 0 Å². The Morgan fingerprint density at radius 3 is 3.00 bits per heavy atom. The van der Waals surface area contributed by atoms with Gasteiger partial charge in [0.25, 0.3) is 0 Å². The summed E-state index contributed by atoms with van der Waals surface area (Å²) in [5, 5.41) is 9.06. The molecule has 0 aliphatic carbocycles. The van der Waals surface area contributed by atoms with Gasteiger partial charge in [0.05, 0.1) is 0 Å². The molecular weight excluding hydrogens is 316 g/mol. The Labute approximate surface area is 119 Å². The van der Waals surface area contributed by atoms with Gasteiger partial charge in [-0.05, 0) is 37.6 Å². The molecule has 1 atom stereocenters. The topological polar surface area (TPSA) is 46.5 Å². The maximum Gasteiger partial charge on any atom is 0.319 e. The SMILES string of the molecule is CC(C)(SCC1Cc2cc(Br)ccc2O1)C(=O)O. The zero-order valence-corrected chi connectivity index (χ0v) is 12.7. The molecule has 1 unspecified atom stereocenters. The van der Waals surface area contributed by atoms with Crippen LogP contribution < -0.4 is 4.74 Å². The first kappa shape index (κ1) is 13.7. The number of benzene rings is 1. The summed E-state index contributed by atoms with van der Waals surface area (Å²) in [5.41, 5.74) is 1.18. The maximum absolute atomic E-state index is 11.0. The summed E-state index contributed by atoms with van der Waals surface area (Å²) in [7, 11) is 0. The number of carboxylic acids is 1. The largest absolute Gasteiger partial charge is 0.489 e. The lowest BCUT2D eigenvalue weighted by Gasteiger charge is -2.20. The predicted molar refractivity (Wildman–Crippen MR) is 76.4 cm³/mol. The molecule has 5 heteroatoms. The number of aliphatic carboxylic acids is 1. The van der Waals surface area contributed by atoms with Crippen LogP contribution >= 0.6 is 27.7 Å². The standard InChI is InChI=1S/C13H15BrO3S/c1-13(2,12(15)16)18-7-10-6-8-5-9(14)3-4-11(8)17-10/h3-5,10H,6-7H2,1-2H3,(H,15,16). The van der Waals surface area contributed by atoms with E-state index in [0.717, 1.165) is 16.6 Å². The van der Waals surface area contributed by atoms with Crippen molar-refractivity contribution in [2.75, 3.05) is 5.75 Å². The Kier molecular flexibility index (Phi) is 3.92. The molecule has 3 nitrogen and oxygen atoms in total. The third-order valence-corrected chi connectivity index (χ3v) is 4.84. The van der Waals surface area contributed by atoms with E-state index in [1.54, 1.807) is 13.8 Å². The van der Waals surface area contributed by atoms with Gasteiger partial charge in [-0.1, -0.05) is 15.9 Å². The minimum absolute atomic E-state index is 0.0675. The summed E-state index contributed by atoms with van der Waals surface area (Å²) in [6.45, 7) is 3.44. The highest BCUT2D eigenvalue weighted by Gasteiger charge is 2.31. The second kappa shape index (κ2) is 5.13. The van der Waals surface area contributed by atoms with Gasteiger partial charge in [-0.3, -0.25) is 4.79 Å². The third kappa shape index (κ3) is 3.01. The molecule has 0 radical (unpaired) electrons. The van der Waals surface area contributed by atoms with Gasteiger partial charge >= 0.3 is 5.97 Å². The van der Waals surface area contributed by atoms with Crippen LogP contribution in [0.4, 0.5) is 0 Å². The molecule has 0 spiro atoms. The highest BCUT2D eigenvalue weighted by Crippen LogP contribution is 2.34. The van der Waals surface area contributed by atoms with Crippen LogP contribution in [0.5, 0.6) is 5.75 Å². The average molecular weight is 331 g/mol. The Balaban J connectivity index is 1.94. The normalized spacial score (nSPS) is 18.3. The number of halogens is 1. The number of hydrogen-bond donors (Lipinski definition) is 1. The Bertz CT molecular complexity index is 473. The molecule has 0 amide bonds. The number of fused-ring (bicyclic) bond motifs is 1. The lowest BCUT2D eigenvalue weighted by Crippen LogP contribution is -2.30. The second-order valence-corrected chi connectivity index (χ2v) is 7.38. The van der Waals surface area contributed by atoms with E-state index in [0.29, 0.717) is 5.75 Å². The summed E-state index contributed by atoms with van der Waals surface area (Å²) in [5.74, 6) is 0.814. The smallest absolute Gasteiger partial charge is 0.319 e. The number of thioether (sulfide) groups is 1. The monoisotopic (exact) mass is 330 g/mol. The van der Waals surface area contributed by atoms with Crippen LogP contribution in [0.2, 0.25) is 0 Å². The molecule has 1 N–H and O–H groups in total. The van der Waals surface area contributed by atoms with Crippen molar-refractivity contribution in [1.29, 1.82) is 0 Å². The fraction of sp³-hybridized carbons (Fsp3) is 0.462. The minimum atomic E-state index is -0.786. The van der Waals surface area contributed by atoms with Crippen molar-refractivity contribution in [1.82, 2.24) is 0 Å². The molecule has 0 bridgehead atoms. The van der Waals surface area contributed by atoms with Gasteiger partial charge in [0, 0.05) is 16.6 Å². The Hall–Kier alpha value is -0.680. The first-order valence-electron chi connectivity index (χ1n) is 5.71. The molecule has 1 heterocycles. The van der Waals surface area contributed by atoms with Crippen molar-refractivity contribution in [3.8, 4) is 5.75 Å². The van der Waals surface area contributed by atoms with E-state index in [9.17, 15) is 4.79 Å². The van der Waals surface area contributed by atoms with E-state index in [2.05, 4.69) is 22.0 Å². The van der Waals surface area contributed by atoms with E-state index in [1.165, 1.54) is 17.3 Å². The van der Waals surface area contributed by atoms with E-state index in [1.807, 2.05) is 12.1 Å². The fourth-order valence-corrected chi connectivity index (χ4v) is 3.07. The van der Waals surface area contributed by atoms with Crippen LogP contribution in [0.3, 0.4) is 0 Å². The van der Waals surface area contributed by atoms with Crippen molar-refractivity contribution >= 4 is 33.7 Å². The van der Waals surface area contributed by atoms with Gasteiger partial charge in [-0.2, -0.15) is 0 Å². The first-order valence-corrected chi connectivity index (χ1v) is 7.49. The van der Waals surface area contributed by atoms with Gasteiger partial charge < -0.3 is 9.84 Å². The van der Waals surface area contributed by atoms with Crippen LogP contribution in [0.15, 0.2) is 22.7 Å². The molecule has 18 heavy (non-hydrogen) atoms. The van der Waals surface area contributed by atoms with Crippen molar-refractivity contribution in [2.24, 2.45) is 0 Å². The van der Waals surface area contributed by atoms with E-state index in [-0.39, 0.29) is 6.10 Å². The molecule has 1 aliphatic rings. The molecule has 0 saturated heterocycles. The molecule has 1 aromatic carbocycles. The summed E-state index contributed by atoms with van der Waals surface area (Å²) < 4.78 is 6.08. The quantitative estimate of drug-likeness (QED) is 0.919. The van der Waals surface area contributed by atoms with E-state index < -0.39 is 10.7 Å². The predicted octanol–water partition coefficient (Wildman–Crippen LogP) is 3.35. The Morgan fingerprint density at radius 1 is 1.61 bits per heavy atom. The summed E-state index contributed by atoms with van der Waals surface area (Å²) >= 11 is 4.86. The van der Waals surface area contributed by atoms with Crippen LogP contribution in [-0.2, 0) is 11.2 Å². The number of hydrogen-bond acceptors (Lipinski definition) is 3. The van der Waals surface area contributed by atoms with Crippen molar-refractivity contribution < 1.29 is 14.6 Å². The van der Waals surface area contributed by atoms with Crippen LogP contribution in [0.1, 0.15) is 19.4 Å². The van der Waals surface area contributed by atoms with E-state index in [4.69, 9.17) is 9.84 Å². The van der Waals surface area contributed by atoms with Gasteiger partial charge in [-0.15, -0.1) is 11.8 Å². The first-order chi connectivity index (χ1) is 8.38. The van der Waals surface area contributed by atoms with Crippen LogP contribution in [0, 0.1) is 0 Å². The minimum Gasteiger partial charge on any atom is -0.489 e. The molecule has 1 aromatic rings. The fourth-order valence-electron chi connectivity index (χ4n) is 1.74. The van der Waals surface area contributed by atoms with Gasteiger partial charge in [-0.25, -0.2) is 0 Å². The Morgan fingerprint density at radius 2 is 2.33 bits per heavy atom. The van der Waals surface area contributed by atoms with Crippen molar-refractivity contribution in [3.05, 3.63) is 28.2 Å². The maximum atomic E-state index is 11.0. The van der Waals surface area contributed by atoms with Crippen molar-refractivity contribution in [2.45, 2.75) is 31.1 Å². The molecule has 0 aromatic heterocycles. The molecule has 98 valence electrons. The lowest BCUT2D eigenvalue weighted by molar-refractivity contribution is -0.138. The highest BCUT2D eigenvalue weighted by atomic mass is 79.9. The molecule has 2 rings (SSSR count). The number of ether oxygens (including phenoxy) is 1. The molecule has 0 fully saturated rings. The molecule has 1 aliphatic heterocycles. The second-order valence-electron chi connectivity index (χ2n) is 4.82. The van der Waals surface area contributed by atoms with E-state index >= 15 is 0 Å². The van der Waals surface area contributed by atoms with Crippen molar-refractivity contribution in [3.63, 3.8) is 0 Å². The summed E-state index contributed by atoms with van der Waals surface area (Å²) in [4.78, 5) is 11.0. The van der Waals surface area contributed by atoms with Gasteiger partial charge in [0.2, 0.25) is 0 Å². The van der Waals surface area contributed by atoms with Crippen LogP contribution in [-0.4, -0.2) is 27.7 Å². The number of rotatable bonds is 4. The average Bonchev–Trinajstić information content (AvgIpc) is 2.68. The number of carbonyl (C=O) groups is 1. The zero-order chi connectivity index (χ0) is 13.3. The summed E-state index contributed by atoms with van der Waals surface area (Å²) in [6.07, 6.45) is 0.912. The third-order valence-electron chi connectivity index (χ3n) is 2.91. The number of carboxylic acid groups (broad SMARTS) is 1. The molecule has 0 saturated carbocycles. The lowest BCUT2D eigenvalue weighted by atomic mass is 10.1.